The summed E-state index contributed by atoms with van der Waals surface area (Å²) in [7, 11) is 0. The van der Waals surface area contributed by atoms with Crippen molar-refractivity contribution in [1.82, 2.24) is 10.4 Å². The topological polar surface area (TPSA) is 47.9 Å². The van der Waals surface area contributed by atoms with Gasteiger partial charge >= 0.3 is 0 Å². The molecule has 152 valence electrons. The molecule has 0 unspecified atom stereocenters. The quantitative estimate of drug-likeness (QED) is 0.736. The standard InChI is InChI=1S/C22H24Cl2N4O/c1-15-20(22(29)26-27-13-5-2-6-14-27)25-28(19-8-4-3-7-18(19)24)21(15)16-9-11-17(23)12-10-16/h3-4,7-12,15,21H,2,5-6,13-14H2,1H3,(H,26,29)/t15-,21+/m1/s1. The summed E-state index contributed by atoms with van der Waals surface area (Å²) in [5.41, 5.74) is 5.36. The number of rotatable bonds is 4. The minimum atomic E-state index is -0.145. The largest absolute Gasteiger partial charge is 0.284 e. The molecule has 2 aromatic carbocycles. The zero-order chi connectivity index (χ0) is 20.4. The van der Waals surface area contributed by atoms with Gasteiger partial charge in [-0.2, -0.15) is 5.10 Å². The van der Waals surface area contributed by atoms with Crippen LogP contribution >= 0.6 is 23.2 Å². The maximum absolute atomic E-state index is 13.1. The number of hydrazone groups is 1. The highest BCUT2D eigenvalue weighted by Crippen LogP contribution is 2.41. The second-order valence-corrected chi connectivity index (χ2v) is 8.40. The molecule has 2 atom stereocenters. The Morgan fingerprint density at radius 3 is 2.41 bits per heavy atom. The van der Waals surface area contributed by atoms with Crippen molar-refractivity contribution in [3.05, 3.63) is 64.1 Å². The van der Waals surface area contributed by atoms with E-state index in [2.05, 4.69) is 5.43 Å². The molecule has 0 saturated carbocycles. The Morgan fingerprint density at radius 1 is 1.03 bits per heavy atom. The summed E-state index contributed by atoms with van der Waals surface area (Å²) in [5.74, 6) is -0.259. The molecule has 2 aliphatic rings. The number of piperidine rings is 1. The fourth-order valence-electron chi connectivity index (χ4n) is 4.02. The highest BCUT2D eigenvalue weighted by atomic mass is 35.5. The number of anilines is 1. The first kappa shape index (κ1) is 20.2. The molecular formula is C22H24Cl2N4O. The van der Waals surface area contributed by atoms with Crippen LogP contribution in [0.15, 0.2) is 53.6 Å². The van der Waals surface area contributed by atoms with E-state index in [0.717, 1.165) is 37.2 Å². The van der Waals surface area contributed by atoms with E-state index >= 15 is 0 Å². The summed E-state index contributed by atoms with van der Waals surface area (Å²) >= 11 is 12.6. The maximum Gasteiger partial charge on any atom is 0.282 e. The van der Waals surface area contributed by atoms with Gasteiger partial charge in [-0.1, -0.05) is 60.8 Å². The molecule has 0 radical (unpaired) electrons. The average molecular weight is 431 g/mol. The maximum atomic E-state index is 13.1. The van der Waals surface area contributed by atoms with E-state index in [9.17, 15) is 4.79 Å². The Bertz CT molecular complexity index is 909. The van der Waals surface area contributed by atoms with Gasteiger partial charge in [0.1, 0.15) is 5.71 Å². The molecule has 2 heterocycles. The molecule has 0 spiro atoms. The molecule has 5 nitrogen and oxygen atoms in total. The summed E-state index contributed by atoms with van der Waals surface area (Å²) in [6, 6.07) is 15.1. The second kappa shape index (κ2) is 8.74. The molecule has 29 heavy (non-hydrogen) atoms. The van der Waals surface area contributed by atoms with Gasteiger partial charge < -0.3 is 0 Å². The average Bonchev–Trinajstić information content (AvgIpc) is 3.07. The Balaban J connectivity index is 1.66. The van der Waals surface area contributed by atoms with E-state index in [0.29, 0.717) is 15.8 Å². The zero-order valence-corrected chi connectivity index (χ0v) is 17.8. The fraction of sp³-hybridized carbons (Fsp3) is 0.364. The molecule has 1 saturated heterocycles. The Morgan fingerprint density at radius 2 is 1.72 bits per heavy atom. The number of amides is 1. The minimum Gasteiger partial charge on any atom is -0.284 e. The zero-order valence-electron chi connectivity index (χ0n) is 16.3. The number of hydrazine groups is 1. The van der Waals surface area contributed by atoms with Crippen LogP contribution in [-0.4, -0.2) is 29.7 Å². The Kier molecular flexibility index (Phi) is 6.09. The molecule has 0 aromatic heterocycles. The van der Waals surface area contributed by atoms with Crippen LogP contribution in [0.2, 0.25) is 10.0 Å². The number of carbonyl (C=O) groups excluding carboxylic acids is 1. The summed E-state index contributed by atoms with van der Waals surface area (Å²) < 4.78 is 0. The number of benzene rings is 2. The molecule has 0 aliphatic carbocycles. The van der Waals surface area contributed by atoms with Crippen molar-refractivity contribution in [3.63, 3.8) is 0 Å². The van der Waals surface area contributed by atoms with Crippen molar-refractivity contribution in [2.24, 2.45) is 11.0 Å². The molecule has 4 rings (SSSR count). The number of hydrogen-bond acceptors (Lipinski definition) is 4. The van der Waals surface area contributed by atoms with E-state index in [-0.39, 0.29) is 17.9 Å². The highest BCUT2D eigenvalue weighted by Gasteiger charge is 2.40. The van der Waals surface area contributed by atoms with Crippen LogP contribution in [0.1, 0.15) is 37.8 Å². The monoisotopic (exact) mass is 430 g/mol. The number of nitrogens with one attached hydrogen (secondary N) is 1. The van der Waals surface area contributed by atoms with Crippen molar-refractivity contribution in [1.29, 1.82) is 0 Å². The van der Waals surface area contributed by atoms with Gasteiger partial charge in [0.05, 0.1) is 16.8 Å². The number of carbonyl (C=O) groups is 1. The number of hydrogen-bond donors (Lipinski definition) is 1. The van der Waals surface area contributed by atoms with Gasteiger partial charge in [-0.25, -0.2) is 5.01 Å². The first-order valence-corrected chi connectivity index (χ1v) is 10.7. The molecule has 1 N–H and O–H groups in total. The molecule has 1 fully saturated rings. The molecule has 2 aromatic rings. The van der Waals surface area contributed by atoms with E-state index < -0.39 is 0 Å². The number of para-hydroxylation sites is 1. The third-order valence-electron chi connectivity index (χ3n) is 5.54. The van der Waals surface area contributed by atoms with E-state index in [1.807, 2.05) is 65.5 Å². The minimum absolute atomic E-state index is 0.114. The molecule has 1 amide bonds. The van der Waals surface area contributed by atoms with Gasteiger partial charge in [-0.3, -0.25) is 15.2 Å². The van der Waals surface area contributed by atoms with Gasteiger partial charge in [0, 0.05) is 24.0 Å². The van der Waals surface area contributed by atoms with Crippen LogP contribution < -0.4 is 10.4 Å². The first-order valence-electron chi connectivity index (χ1n) is 9.98. The van der Waals surface area contributed by atoms with Gasteiger partial charge in [-0.05, 0) is 42.7 Å². The predicted octanol–water partition coefficient (Wildman–Crippen LogP) is 5.06. The van der Waals surface area contributed by atoms with Crippen molar-refractivity contribution in [2.75, 3.05) is 18.1 Å². The van der Waals surface area contributed by atoms with E-state index in [1.54, 1.807) is 0 Å². The molecule has 2 aliphatic heterocycles. The van der Waals surface area contributed by atoms with Crippen LogP contribution in [0.5, 0.6) is 0 Å². The van der Waals surface area contributed by atoms with E-state index in [1.165, 1.54) is 6.42 Å². The van der Waals surface area contributed by atoms with E-state index in [4.69, 9.17) is 28.3 Å². The van der Waals surface area contributed by atoms with Crippen LogP contribution in [0.3, 0.4) is 0 Å². The van der Waals surface area contributed by atoms with Gasteiger partial charge in [0.2, 0.25) is 0 Å². The summed E-state index contributed by atoms with van der Waals surface area (Å²) in [6.07, 6.45) is 3.41. The number of halogens is 2. The van der Waals surface area contributed by atoms with Crippen LogP contribution in [0, 0.1) is 5.92 Å². The third kappa shape index (κ3) is 4.27. The normalized spacial score (nSPS) is 22.4. The molecule has 0 bridgehead atoms. The van der Waals surface area contributed by atoms with Crippen molar-refractivity contribution in [3.8, 4) is 0 Å². The highest BCUT2D eigenvalue weighted by molar-refractivity contribution is 6.40. The van der Waals surface area contributed by atoms with Crippen LogP contribution in [0.25, 0.3) is 0 Å². The Hall–Kier alpha value is -2.08. The Labute approximate surface area is 181 Å². The summed E-state index contributed by atoms with van der Waals surface area (Å²) in [6.45, 7) is 3.79. The third-order valence-corrected chi connectivity index (χ3v) is 6.11. The lowest BCUT2D eigenvalue weighted by molar-refractivity contribution is -0.120. The fourth-order valence-corrected chi connectivity index (χ4v) is 4.37. The summed E-state index contributed by atoms with van der Waals surface area (Å²) in [4.78, 5) is 13.1. The molecule has 7 heteroatoms. The smallest absolute Gasteiger partial charge is 0.282 e. The lowest BCUT2D eigenvalue weighted by atomic mass is 9.91. The van der Waals surface area contributed by atoms with Crippen molar-refractivity contribution < 1.29 is 4.79 Å². The van der Waals surface area contributed by atoms with Gasteiger partial charge in [-0.15, -0.1) is 0 Å². The summed E-state index contributed by atoms with van der Waals surface area (Å²) in [5, 5.41) is 9.87. The SMILES string of the molecule is C[C@@H]1C(C(=O)NN2CCCCC2)=NN(c2ccccc2Cl)[C@@H]1c1ccc(Cl)cc1. The number of nitrogens with zero attached hydrogens (tertiary/aromatic N) is 3. The lowest BCUT2D eigenvalue weighted by Gasteiger charge is -2.28. The van der Waals surface area contributed by atoms with Crippen molar-refractivity contribution in [2.45, 2.75) is 32.2 Å². The van der Waals surface area contributed by atoms with Crippen LogP contribution in [-0.2, 0) is 4.79 Å². The molecular weight excluding hydrogens is 407 g/mol. The lowest BCUT2D eigenvalue weighted by Crippen LogP contribution is -2.48. The van der Waals surface area contributed by atoms with Crippen LogP contribution in [0.4, 0.5) is 5.69 Å². The second-order valence-electron chi connectivity index (χ2n) is 7.55. The van der Waals surface area contributed by atoms with Gasteiger partial charge in [0.15, 0.2) is 0 Å². The first-order chi connectivity index (χ1) is 14.0. The van der Waals surface area contributed by atoms with Crippen molar-refractivity contribution >= 4 is 40.5 Å². The van der Waals surface area contributed by atoms with Gasteiger partial charge in [0.25, 0.3) is 5.91 Å². The predicted molar refractivity (Wildman–Crippen MR) is 118 cm³/mol.